The van der Waals surface area contributed by atoms with E-state index in [2.05, 4.69) is 9.71 Å². The molecule has 4 nitrogen and oxygen atoms in total. The molecule has 0 aliphatic rings. The maximum Gasteiger partial charge on any atom is 0.240 e. The molecule has 3 rings (SSSR count). The summed E-state index contributed by atoms with van der Waals surface area (Å²) in [6.45, 7) is 2.24. The Balaban J connectivity index is 1.80. The minimum atomic E-state index is -3.54. The van der Waals surface area contributed by atoms with E-state index in [1.807, 2.05) is 48.0 Å². The van der Waals surface area contributed by atoms with Crippen LogP contribution in [0.5, 0.6) is 0 Å². The molecule has 3 aromatic rings. The molecule has 0 amide bonds. The second-order valence-electron chi connectivity index (χ2n) is 5.35. The molecule has 6 heteroatoms. The lowest BCUT2D eigenvalue weighted by Crippen LogP contribution is -2.23. The number of thiophene rings is 1. The van der Waals surface area contributed by atoms with E-state index < -0.39 is 10.0 Å². The van der Waals surface area contributed by atoms with E-state index in [1.54, 1.807) is 29.7 Å². The van der Waals surface area contributed by atoms with Gasteiger partial charge in [0.25, 0.3) is 0 Å². The van der Waals surface area contributed by atoms with Crippen molar-refractivity contribution in [3.05, 3.63) is 70.5 Å². The van der Waals surface area contributed by atoms with Gasteiger partial charge in [0.15, 0.2) is 0 Å². The van der Waals surface area contributed by atoms with Gasteiger partial charge in [0, 0.05) is 23.7 Å². The Kier molecular flexibility index (Phi) is 5.08. The lowest BCUT2D eigenvalue weighted by Gasteiger charge is -2.10. The predicted octanol–water partition coefficient (Wildman–Crippen LogP) is 3.85. The average molecular weight is 358 g/mol. The molecule has 0 spiro atoms. The van der Waals surface area contributed by atoms with E-state index in [0.717, 1.165) is 28.8 Å². The Morgan fingerprint density at radius 1 is 1.12 bits per heavy atom. The highest BCUT2D eigenvalue weighted by atomic mass is 32.2. The zero-order valence-corrected chi connectivity index (χ0v) is 14.9. The van der Waals surface area contributed by atoms with E-state index in [4.69, 9.17) is 0 Å². The van der Waals surface area contributed by atoms with E-state index in [-0.39, 0.29) is 11.4 Å². The molecular formula is C18H18N2O2S2. The number of aryl methyl sites for hydroxylation is 1. The number of aromatic nitrogens is 1. The summed E-state index contributed by atoms with van der Waals surface area (Å²) in [5, 5.41) is 3.98. The summed E-state index contributed by atoms with van der Waals surface area (Å²) in [6.07, 6.45) is 2.60. The number of hydrogen-bond acceptors (Lipinski definition) is 4. The quantitative estimate of drug-likeness (QED) is 0.728. The lowest BCUT2D eigenvalue weighted by atomic mass is 10.1. The summed E-state index contributed by atoms with van der Waals surface area (Å²) in [5.74, 6) is 0. The highest BCUT2D eigenvalue weighted by Crippen LogP contribution is 2.23. The van der Waals surface area contributed by atoms with Crippen LogP contribution in [-0.2, 0) is 23.0 Å². The highest BCUT2D eigenvalue weighted by Gasteiger charge is 2.15. The molecule has 0 unspecified atom stereocenters. The van der Waals surface area contributed by atoms with Gasteiger partial charge in [-0.25, -0.2) is 13.1 Å². The first-order valence-corrected chi connectivity index (χ1v) is 10.1. The van der Waals surface area contributed by atoms with Crippen molar-refractivity contribution >= 4 is 21.4 Å². The first-order chi connectivity index (χ1) is 11.6. The van der Waals surface area contributed by atoms with Crippen LogP contribution in [0.25, 0.3) is 11.3 Å². The summed E-state index contributed by atoms with van der Waals surface area (Å²) < 4.78 is 27.6. The average Bonchev–Trinajstić information content (AvgIpc) is 3.15. The van der Waals surface area contributed by atoms with Crippen molar-refractivity contribution in [3.8, 4) is 11.3 Å². The smallest absolute Gasteiger partial charge is 0.240 e. The molecule has 0 saturated carbocycles. The fourth-order valence-electron chi connectivity index (χ4n) is 2.40. The standard InChI is InChI=1S/C18H18N2O2S2/c1-2-14-5-7-17(8-6-14)24(21,22)20-12-15-4-3-10-19-18(15)16-9-11-23-13-16/h3-11,13,20H,2,12H2,1H3. The van der Waals surface area contributed by atoms with Gasteiger partial charge in [-0.2, -0.15) is 11.3 Å². The van der Waals surface area contributed by atoms with Crippen molar-refractivity contribution in [3.63, 3.8) is 0 Å². The minimum absolute atomic E-state index is 0.205. The van der Waals surface area contributed by atoms with Crippen molar-refractivity contribution in [1.29, 1.82) is 0 Å². The van der Waals surface area contributed by atoms with Crippen LogP contribution in [0.3, 0.4) is 0 Å². The van der Waals surface area contributed by atoms with Crippen LogP contribution >= 0.6 is 11.3 Å². The van der Waals surface area contributed by atoms with Crippen molar-refractivity contribution in [2.45, 2.75) is 24.8 Å². The SMILES string of the molecule is CCc1ccc(S(=O)(=O)NCc2cccnc2-c2ccsc2)cc1. The number of hydrogen-bond donors (Lipinski definition) is 1. The number of rotatable bonds is 6. The molecule has 0 saturated heterocycles. The lowest BCUT2D eigenvalue weighted by molar-refractivity contribution is 0.581. The van der Waals surface area contributed by atoms with Crippen LogP contribution in [0.15, 0.2) is 64.3 Å². The fraction of sp³-hybridized carbons (Fsp3) is 0.167. The minimum Gasteiger partial charge on any atom is -0.256 e. The molecule has 2 heterocycles. The van der Waals surface area contributed by atoms with Gasteiger partial charge in [0.2, 0.25) is 10.0 Å². The van der Waals surface area contributed by atoms with E-state index in [9.17, 15) is 8.42 Å². The monoisotopic (exact) mass is 358 g/mol. The number of sulfonamides is 1. The highest BCUT2D eigenvalue weighted by molar-refractivity contribution is 7.89. The normalized spacial score (nSPS) is 11.5. The van der Waals surface area contributed by atoms with Gasteiger partial charge in [0.1, 0.15) is 0 Å². The summed E-state index contributed by atoms with van der Waals surface area (Å²) in [5.41, 5.74) is 3.77. The Hall–Kier alpha value is -2.02. The third-order valence-electron chi connectivity index (χ3n) is 3.78. The summed E-state index contributed by atoms with van der Waals surface area (Å²) >= 11 is 1.59. The zero-order chi connectivity index (χ0) is 17.0. The van der Waals surface area contributed by atoms with Gasteiger partial charge < -0.3 is 0 Å². The Labute approximate surface area is 146 Å². The molecule has 0 atom stereocenters. The van der Waals surface area contributed by atoms with E-state index >= 15 is 0 Å². The van der Waals surface area contributed by atoms with Crippen LogP contribution in [0, 0.1) is 0 Å². The van der Waals surface area contributed by atoms with Crippen molar-refractivity contribution < 1.29 is 8.42 Å². The fourth-order valence-corrected chi connectivity index (χ4v) is 4.05. The zero-order valence-electron chi connectivity index (χ0n) is 13.3. The third-order valence-corrected chi connectivity index (χ3v) is 5.88. The molecule has 0 radical (unpaired) electrons. The summed E-state index contributed by atoms with van der Waals surface area (Å²) in [6, 6.07) is 12.7. The predicted molar refractivity (Wildman–Crippen MR) is 97.4 cm³/mol. The molecule has 0 aliphatic heterocycles. The van der Waals surface area contributed by atoms with Gasteiger partial charge in [-0.3, -0.25) is 4.98 Å². The summed E-state index contributed by atoms with van der Waals surface area (Å²) in [7, 11) is -3.54. The molecule has 24 heavy (non-hydrogen) atoms. The third kappa shape index (κ3) is 3.72. The maximum atomic E-state index is 12.5. The van der Waals surface area contributed by atoms with Crippen LogP contribution < -0.4 is 4.72 Å². The Bertz CT molecular complexity index is 902. The maximum absolute atomic E-state index is 12.5. The van der Waals surface area contributed by atoms with Gasteiger partial charge >= 0.3 is 0 Å². The Morgan fingerprint density at radius 3 is 2.58 bits per heavy atom. The van der Waals surface area contributed by atoms with Crippen LogP contribution in [0.2, 0.25) is 0 Å². The van der Waals surface area contributed by atoms with Crippen molar-refractivity contribution in [2.75, 3.05) is 0 Å². The molecule has 0 aliphatic carbocycles. The Morgan fingerprint density at radius 2 is 1.92 bits per heavy atom. The van der Waals surface area contributed by atoms with E-state index in [0.29, 0.717) is 0 Å². The molecule has 0 fully saturated rings. The number of pyridine rings is 1. The van der Waals surface area contributed by atoms with Gasteiger partial charge in [-0.05, 0) is 47.2 Å². The second-order valence-corrected chi connectivity index (χ2v) is 7.89. The molecule has 1 aromatic carbocycles. The molecule has 2 aromatic heterocycles. The van der Waals surface area contributed by atoms with Gasteiger partial charge in [-0.1, -0.05) is 25.1 Å². The van der Waals surface area contributed by atoms with Gasteiger partial charge in [-0.15, -0.1) is 0 Å². The number of nitrogens with one attached hydrogen (secondary N) is 1. The number of benzene rings is 1. The topological polar surface area (TPSA) is 59.1 Å². The molecule has 124 valence electrons. The molecule has 1 N–H and O–H groups in total. The second kappa shape index (κ2) is 7.25. The summed E-state index contributed by atoms with van der Waals surface area (Å²) in [4.78, 5) is 4.67. The largest absolute Gasteiger partial charge is 0.256 e. The first kappa shape index (κ1) is 16.8. The van der Waals surface area contributed by atoms with Gasteiger partial charge in [0.05, 0.1) is 10.6 Å². The molecular weight excluding hydrogens is 340 g/mol. The first-order valence-electron chi connectivity index (χ1n) is 7.65. The van der Waals surface area contributed by atoms with Crippen molar-refractivity contribution in [2.24, 2.45) is 0 Å². The molecule has 0 bridgehead atoms. The van der Waals surface area contributed by atoms with Crippen LogP contribution in [0.4, 0.5) is 0 Å². The van der Waals surface area contributed by atoms with Crippen LogP contribution in [0.1, 0.15) is 18.1 Å². The number of nitrogens with zero attached hydrogens (tertiary/aromatic N) is 1. The van der Waals surface area contributed by atoms with E-state index in [1.165, 1.54) is 0 Å². The van der Waals surface area contributed by atoms with Crippen molar-refractivity contribution in [1.82, 2.24) is 9.71 Å². The van der Waals surface area contributed by atoms with Crippen LogP contribution in [-0.4, -0.2) is 13.4 Å².